The van der Waals surface area contributed by atoms with Gasteiger partial charge in [-0.25, -0.2) is 9.59 Å². The molecule has 1 atom stereocenters. The first kappa shape index (κ1) is 27.0. The van der Waals surface area contributed by atoms with Crippen LogP contribution < -0.4 is 5.32 Å². The summed E-state index contributed by atoms with van der Waals surface area (Å²) in [6.45, 7) is 4.22. The van der Waals surface area contributed by atoms with Crippen LogP contribution in [0, 0.1) is 5.92 Å². The molecule has 0 aliphatic rings. The molecule has 0 aromatic heterocycles. The molecule has 0 spiro atoms. The number of carboxylic acid groups (broad SMARTS) is 1. The number of nitrogens with zero attached hydrogens (tertiary/aromatic N) is 1. The van der Waals surface area contributed by atoms with E-state index in [2.05, 4.69) is 5.32 Å². The van der Waals surface area contributed by atoms with Gasteiger partial charge >= 0.3 is 12.0 Å². The molecule has 36 heavy (non-hydrogen) atoms. The molecule has 6 nitrogen and oxygen atoms in total. The molecule has 0 aliphatic carbocycles. The highest BCUT2D eigenvalue weighted by molar-refractivity contribution is 7.98. The van der Waals surface area contributed by atoms with Crippen LogP contribution in [-0.2, 0) is 10.5 Å². The number of hydrogen-bond acceptors (Lipinski definition) is 4. The Morgan fingerprint density at radius 3 is 2.03 bits per heavy atom. The lowest BCUT2D eigenvalue weighted by molar-refractivity contribution is -0.138. The van der Waals surface area contributed by atoms with Gasteiger partial charge in [-0.15, -0.1) is 0 Å². The van der Waals surface area contributed by atoms with Gasteiger partial charge in [-0.1, -0.05) is 86.6 Å². The number of carbonyl (C=O) groups excluding carboxylic acids is 2. The maximum atomic E-state index is 13.3. The molecule has 0 radical (unpaired) electrons. The minimum atomic E-state index is -1.13. The SMILES string of the molecule is CC(C)CCN(C(=O)NC(CSCc1ccccc1)C(=O)O)C(=O)c1ccc(-c2ccccc2)cc1. The number of imide groups is 1. The van der Waals surface area contributed by atoms with E-state index in [-0.39, 0.29) is 18.2 Å². The minimum Gasteiger partial charge on any atom is -0.480 e. The molecule has 3 aromatic carbocycles. The summed E-state index contributed by atoms with van der Waals surface area (Å²) in [5, 5.41) is 12.2. The summed E-state index contributed by atoms with van der Waals surface area (Å²) in [6, 6.07) is 24.8. The standard InChI is InChI=1S/C29H32N2O4S/c1-21(2)17-18-31(27(32)25-15-13-24(14-16-25)23-11-7-4-8-12-23)29(35)30-26(28(33)34)20-36-19-22-9-5-3-6-10-22/h3-16,21,26H,17-20H2,1-2H3,(H,30,35)(H,33,34). The first-order valence-corrected chi connectivity index (χ1v) is 13.1. The zero-order valence-electron chi connectivity index (χ0n) is 20.6. The zero-order chi connectivity index (χ0) is 25.9. The second-order valence-electron chi connectivity index (χ2n) is 8.92. The molecular weight excluding hydrogens is 472 g/mol. The lowest BCUT2D eigenvalue weighted by atomic mass is 10.0. The Kier molecular flexibility index (Phi) is 10.1. The van der Waals surface area contributed by atoms with Gasteiger partial charge in [0.15, 0.2) is 0 Å². The van der Waals surface area contributed by atoms with Crippen LogP contribution in [0.15, 0.2) is 84.9 Å². The molecule has 3 aromatic rings. The van der Waals surface area contributed by atoms with Gasteiger partial charge in [-0.2, -0.15) is 11.8 Å². The molecule has 0 fully saturated rings. The third kappa shape index (κ3) is 7.99. The second kappa shape index (κ2) is 13.5. The highest BCUT2D eigenvalue weighted by atomic mass is 32.2. The van der Waals surface area contributed by atoms with Crippen LogP contribution in [-0.4, -0.2) is 46.3 Å². The van der Waals surface area contributed by atoms with Crippen molar-refractivity contribution in [3.8, 4) is 11.1 Å². The minimum absolute atomic E-state index is 0.188. The lowest BCUT2D eigenvalue weighted by Gasteiger charge is -2.24. The van der Waals surface area contributed by atoms with Crippen molar-refractivity contribution in [3.63, 3.8) is 0 Å². The number of aliphatic carboxylic acids is 1. The van der Waals surface area contributed by atoms with E-state index < -0.39 is 23.9 Å². The van der Waals surface area contributed by atoms with Crippen LogP contribution in [0.2, 0.25) is 0 Å². The number of thioether (sulfide) groups is 1. The number of rotatable bonds is 11. The number of urea groups is 1. The van der Waals surface area contributed by atoms with E-state index in [0.29, 0.717) is 17.7 Å². The Morgan fingerprint density at radius 1 is 0.861 bits per heavy atom. The Morgan fingerprint density at radius 2 is 1.44 bits per heavy atom. The van der Waals surface area contributed by atoms with Gasteiger partial charge in [0, 0.05) is 23.6 Å². The van der Waals surface area contributed by atoms with Gasteiger partial charge in [0.1, 0.15) is 6.04 Å². The maximum Gasteiger partial charge on any atom is 0.327 e. The largest absolute Gasteiger partial charge is 0.480 e. The number of carbonyl (C=O) groups is 3. The molecule has 0 heterocycles. The summed E-state index contributed by atoms with van der Waals surface area (Å²) in [7, 11) is 0. The van der Waals surface area contributed by atoms with E-state index in [1.807, 2.05) is 86.6 Å². The average molecular weight is 505 g/mol. The van der Waals surface area contributed by atoms with Crippen molar-refractivity contribution >= 4 is 29.7 Å². The topological polar surface area (TPSA) is 86.7 Å². The van der Waals surface area contributed by atoms with Gasteiger partial charge in [0.25, 0.3) is 5.91 Å². The summed E-state index contributed by atoms with van der Waals surface area (Å²) >= 11 is 1.42. The Hall–Kier alpha value is -3.58. The van der Waals surface area contributed by atoms with Crippen LogP contribution >= 0.6 is 11.8 Å². The van der Waals surface area contributed by atoms with Crippen molar-refractivity contribution in [2.24, 2.45) is 5.92 Å². The van der Waals surface area contributed by atoms with Crippen LogP contribution in [0.5, 0.6) is 0 Å². The first-order chi connectivity index (χ1) is 17.3. The number of hydrogen-bond donors (Lipinski definition) is 2. The first-order valence-electron chi connectivity index (χ1n) is 12.0. The third-order valence-corrected chi connectivity index (χ3v) is 6.76. The molecule has 0 aliphatic heterocycles. The van der Waals surface area contributed by atoms with E-state index in [9.17, 15) is 19.5 Å². The smallest absolute Gasteiger partial charge is 0.327 e. The summed E-state index contributed by atoms with van der Waals surface area (Å²) in [6.07, 6.45) is 0.613. The third-order valence-electron chi connectivity index (χ3n) is 5.65. The second-order valence-corrected chi connectivity index (χ2v) is 9.95. The predicted molar refractivity (Wildman–Crippen MR) is 145 cm³/mol. The van der Waals surface area contributed by atoms with E-state index in [0.717, 1.165) is 21.6 Å². The van der Waals surface area contributed by atoms with Gasteiger partial charge in [0.05, 0.1) is 0 Å². The van der Waals surface area contributed by atoms with E-state index in [1.54, 1.807) is 12.1 Å². The Balaban J connectivity index is 1.69. The van der Waals surface area contributed by atoms with Crippen molar-refractivity contribution in [2.45, 2.75) is 32.1 Å². The number of nitrogens with one attached hydrogen (secondary N) is 1. The Bertz CT molecular complexity index is 1130. The van der Waals surface area contributed by atoms with E-state index >= 15 is 0 Å². The summed E-state index contributed by atoms with van der Waals surface area (Å²) in [5.41, 5.74) is 3.44. The van der Waals surface area contributed by atoms with Gasteiger partial charge < -0.3 is 10.4 Å². The molecule has 0 bridgehead atoms. The highest BCUT2D eigenvalue weighted by Crippen LogP contribution is 2.20. The molecule has 3 amide bonds. The van der Waals surface area contributed by atoms with Gasteiger partial charge in [-0.3, -0.25) is 9.69 Å². The van der Waals surface area contributed by atoms with Crippen molar-refractivity contribution in [3.05, 3.63) is 96.1 Å². The van der Waals surface area contributed by atoms with Crippen LogP contribution in [0.25, 0.3) is 11.1 Å². The fourth-order valence-electron chi connectivity index (χ4n) is 3.54. The number of benzene rings is 3. The molecule has 2 N–H and O–H groups in total. The molecule has 1 unspecified atom stereocenters. The normalized spacial score (nSPS) is 11.6. The zero-order valence-corrected chi connectivity index (χ0v) is 21.4. The van der Waals surface area contributed by atoms with Crippen molar-refractivity contribution in [2.75, 3.05) is 12.3 Å². The van der Waals surface area contributed by atoms with Crippen LogP contribution in [0.3, 0.4) is 0 Å². The van der Waals surface area contributed by atoms with Crippen molar-refractivity contribution in [1.82, 2.24) is 10.2 Å². The van der Waals surface area contributed by atoms with Crippen LogP contribution in [0.4, 0.5) is 4.79 Å². The molecule has 3 rings (SSSR count). The fraction of sp³-hybridized carbons (Fsp3) is 0.276. The summed E-state index contributed by atoms with van der Waals surface area (Å²) in [5.74, 6) is -0.496. The molecular formula is C29H32N2O4S. The lowest BCUT2D eigenvalue weighted by Crippen LogP contribution is -2.51. The average Bonchev–Trinajstić information content (AvgIpc) is 2.89. The van der Waals surface area contributed by atoms with E-state index in [4.69, 9.17) is 0 Å². The molecule has 0 saturated heterocycles. The quantitative estimate of drug-likeness (QED) is 0.338. The molecule has 0 saturated carbocycles. The van der Waals surface area contributed by atoms with E-state index in [1.165, 1.54) is 11.8 Å². The predicted octanol–water partition coefficient (Wildman–Crippen LogP) is 5.94. The maximum absolute atomic E-state index is 13.3. The molecule has 188 valence electrons. The van der Waals surface area contributed by atoms with Gasteiger partial charge in [0.2, 0.25) is 0 Å². The molecule has 7 heteroatoms. The monoisotopic (exact) mass is 504 g/mol. The highest BCUT2D eigenvalue weighted by Gasteiger charge is 2.28. The van der Waals surface area contributed by atoms with Crippen molar-refractivity contribution in [1.29, 1.82) is 0 Å². The fourth-order valence-corrected chi connectivity index (χ4v) is 4.55. The van der Waals surface area contributed by atoms with Crippen LogP contribution in [0.1, 0.15) is 36.2 Å². The number of amides is 3. The van der Waals surface area contributed by atoms with Gasteiger partial charge in [-0.05, 0) is 41.2 Å². The summed E-state index contributed by atoms with van der Waals surface area (Å²) in [4.78, 5) is 39.4. The summed E-state index contributed by atoms with van der Waals surface area (Å²) < 4.78 is 0. The Labute approximate surface area is 216 Å². The number of carboxylic acids is 1. The van der Waals surface area contributed by atoms with Crippen molar-refractivity contribution < 1.29 is 19.5 Å².